The van der Waals surface area contributed by atoms with Crippen LogP contribution in [0.15, 0.2) is 24.3 Å². The molecule has 0 saturated carbocycles. The Hall–Kier alpha value is -1.66. The fourth-order valence-corrected chi connectivity index (χ4v) is 8.32. The number of esters is 1. The van der Waals surface area contributed by atoms with E-state index in [0.717, 1.165) is 57.8 Å². The van der Waals surface area contributed by atoms with Crippen molar-refractivity contribution < 1.29 is 24.5 Å². The van der Waals surface area contributed by atoms with Gasteiger partial charge in [0, 0.05) is 12.8 Å². The number of rotatable bonds is 50. The van der Waals surface area contributed by atoms with Crippen LogP contribution in [0, 0.1) is 0 Å². The summed E-state index contributed by atoms with van der Waals surface area (Å²) in [4.78, 5) is 24.5. The molecule has 0 aromatic heterocycles. The van der Waals surface area contributed by atoms with Gasteiger partial charge in [-0.3, -0.25) is 9.59 Å². The zero-order valence-corrected chi connectivity index (χ0v) is 40.9. The second kappa shape index (κ2) is 51.0. The number of allylic oxidation sites excluding steroid dienone is 4. The van der Waals surface area contributed by atoms with Crippen LogP contribution in [0.5, 0.6) is 0 Å². The number of carbonyl (C=O) groups is 2. The molecule has 2 atom stereocenters. The summed E-state index contributed by atoms with van der Waals surface area (Å²) in [5, 5.41) is 23.2. The van der Waals surface area contributed by atoms with E-state index in [0.29, 0.717) is 25.9 Å². The minimum atomic E-state index is -0.671. The Morgan fingerprint density at radius 1 is 0.459 bits per heavy atom. The molecule has 0 aliphatic rings. The maximum atomic E-state index is 12.5. The van der Waals surface area contributed by atoms with Crippen molar-refractivity contribution in [2.45, 2.75) is 302 Å². The molecule has 0 spiro atoms. The first-order chi connectivity index (χ1) is 30.0. The predicted molar refractivity (Wildman–Crippen MR) is 264 cm³/mol. The molecule has 0 bridgehead atoms. The lowest BCUT2D eigenvalue weighted by atomic mass is 10.0. The lowest BCUT2D eigenvalue weighted by Crippen LogP contribution is -2.45. The van der Waals surface area contributed by atoms with Crippen LogP contribution in [0.4, 0.5) is 0 Å². The number of carbonyl (C=O) groups excluding carboxylic acids is 2. The van der Waals surface area contributed by atoms with Crippen molar-refractivity contribution in [1.82, 2.24) is 5.32 Å². The van der Waals surface area contributed by atoms with Crippen LogP contribution in [0.25, 0.3) is 0 Å². The average molecular weight is 860 g/mol. The number of unbranched alkanes of at least 4 members (excludes halogenated alkanes) is 35. The molecule has 6 heteroatoms. The molecule has 6 nitrogen and oxygen atoms in total. The zero-order chi connectivity index (χ0) is 44.4. The SMILES string of the molecule is CCCCCC/C=C\C/C=C\CCCCCCCC(=O)OCCCCCCCCCCCCCCCCC(=O)NC(CO)C(O)CCCCCCCCCCCCCCCC. The van der Waals surface area contributed by atoms with Crippen LogP contribution >= 0.6 is 0 Å². The first kappa shape index (κ1) is 59.3. The van der Waals surface area contributed by atoms with Gasteiger partial charge in [0.25, 0.3) is 0 Å². The number of ether oxygens (including phenoxy) is 1. The summed E-state index contributed by atoms with van der Waals surface area (Å²) in [6.45, 7) is 4.91. The number of aliphatic hydroxyl groups is 2. The summed E-state index contributed by atoms with van der Waals surface area (Å²) in [6.07, 6.45) is 60.0. The van der Waals surface area contributed by atoms with Crippen LogP contribution in [0.2, 0.25) is 0 Å². The molecule has 0 heterocycles. The van der Waals surface area contributed by atoms with Crippen molar-refractivity contribution in [3.63, 3.8) is 0 Å². The summed E-state index contributed by atoms with van der Waals surface area (Å²) >= 11 is 0. The van der Waals surface area contributed by atoms with Gasteiger partial charge in [-0.15, -0.1) is 0 Å². The number of hydrogen-bond acceptors (Lipinski definition) is 5. The summed E-state index contributed by atoms with van der Waals surface area (Å²) < 4.78 is 5.46. The van der Waals surface area contributed by atoms with Crippen molar-refractivity contribution in [1.29, 1.82) is 0 Å². The van der Waals surface area contributed by atoms with E-state index in [4.69, 9.17) is 4.74 Å². The molecule has 0 radical (unpaired) electrons. The maximum absolute atomic E-state index is 12.5. The number of aliphatic hydroxyl groups excluding tert-OH is 2. The fraction of sp³-hybridized carbons (Fsp3) is 0.891. The first-order valence-corrected chi connectivity index (χ1v) is 27.1. The molecule has 1 amide bonds. The molecule has 0 aromatic rings. The standard InChI is InChI=1S/C55H105NO5/c1-3-5-7-9-11-13-15-17-19-20-25-29-33-37-41-45-49-55(60)61-50-46-42-38-34-30-26-22-21-24-28-32-36-40-44-48-54(59)56-52(51-57)53(58)47-43-39-35-31-27-23-18-16-14-12-10-8-6-4-2/h13,15,19-20,52-53,57-58H,3-12,14,16-18,21-51H2,1-2H3,(H,56,59)/b15-13-,20-19-. The van der Waals surface area contributed by atoms with Gasteiger partial charge in [0.05, 0.1) is 25.4 Å². The molecule has 61 heavy (non-hydrogen) atoms. The molecule has 0 aromatic carbocycles. The van der Waals surface area contributed by atoms with Crippen LogP contribution in [-0.2, 0) is 14.3 Å². The highest BCUT2D eigenvalue weighted by Crippen LogP contribution is 2.17. The van der Waals surface area contributed by atoms with Crippen LogP contribution in [0.1, 0.15) is 290 Å². The number of nitrogens with one attached hydrogen (secondary N) is 1. The molecule has 3 N–H and O–H groups in total. The minimum absolute atomic E-state index is 0.0155. The van der Waals surface area contributed by atoms with E-state index in [9.17, 15) is 19.8 Å². The Morgan fingerprint density at radius 3 is 1.26 bits per heavy atom. The van der Waals surface area contributed by atoms with Crippen molar-refractivity contribution >= 4 is 11.9 Å². The van der Waals surface area contributed by atoms with Crippen LogP contribution in [0.3, 0.4) is 0 Å². The smallest absolute Gasteiger partial charge is 0.305 e. The van der Waals surface area contributed by atoms with Gasteiger partial charge in [-0.25, -0.2) is 0 Å². The molecule has 360 valence electrons. The summed E-state index contributed by atoms with van der Waals surface area (Å²) in [5.41, 5.74) is 0. The quantitative estimate of drug-likeness (QED) is 0.0322. The highest BCUT2D eigenvalue weighted by molar-refractivity contribution is 5.76. The lowest BCUT2D eigenvalue weighted by Gasteiger charge is -2.22. The van der Waals surface area contributed by atoms with E-state index < -0.39 is 12.1 Å². The van der Waals surface area contributed by atoms with Gasteiger partial charge in [0.1, 0.15) is 0 Å². The predicted octanol–water partition coefficient (Wildman–Crippen LogP) is 16.3. The van der Waals surface area contributed by atoms with E-state index in [1.165, 1.54) is 199 Å². The molecule has 0 rings (SSSR count). The Kier molecular flexibility index (Phi) is 49.6. The van der Waals surface area contributed by atoms with Gasteiger partial charge < -0.3 is 20.3 Å². The number of amides is 1. The van der Waals surface area contributed by atoms with E-state index >= 15 is 0 Å². The molecular formula is C55H105NO5. The van der Waals surface area contributed by atoms with Gasteiger partial charge in [-0.05, 0) is 57.8 Å². The second-order valence-electron chi connectivity index (χ2n) is 18.6. The zero-order valence-electron chi connectivity index (χ0n) is 40.9. The molecule has 0 saturated heterocycles. The van der Waals surface area contributed by atoms with Crippen molar-refractivity contribution in [2.24, 2.45) is 0 Å². The summed E-state index contributed by atoms with van der Waals surface area (Å²) in [7, 11) is 0. The Labute approximate surface area is 380 Å². The van der Waals surface area contributed by atoms with E-state index in [-0.39, 0.29) is 18.5 Å². The Balaban J connectivity index is 3.45. The van der Waals surface area contributed by atoms with Crippen molar-refractivity contribution in [2.75, 3.05) is 13.2 Å². The Morgan fingerprint density at radius 2 is 0.820 bits per heavy atom. The molecule has 0 aliphatic heterocycles. The Bertz CT molecular complexity index is 951. The third-order valence-electron chi connectivity index (χ3n) is 12.5. The monoisotopic (exact) mass is 860 g/mol. The van der Waals surface area contributed by atoms with Crippen molar-refractivity contribution in [3.8, 4) is 0 Å². The van der Waals surface area contributed by atoms with Crippen molar-refractivity contribution in [3.05, 3.63) is 24.3 Å². The van der Waals surface area contributed by atoms with Gasteiger partial charge in [-0.2, -0.15) is 0 Å². The normalized spacial score (nSPS) is 12.8. The third kappa shape index (κ3) is 47.7. The lowest BCUT2D eigenvalue weighted by molar-refractivity contribution is -0.143. The van der Waals surface area contributed by atoms with Gasteiger partial charge >= 0.3 is 5.97 Å². The first-order valence-electron chi connectivity index (χ1n) is 27.1. The van der Waals surface area contributed by atoms with Crippen LogP contribution < -0.4 is 5.32 Å². The minimum Gasteiger partial charge on any atom is -0.466 e. The van der Waals surface area contributed by atoms with Gasteiger partial charge in [0.2, 0.25) is 5.91 Å². The molecule has 0 aliphatic carbocycles. The topological polar surface area (TPSA) is 95.9 Å². The molecular weight excluding hydrogens is 755 g/mol. The maximum Gasteiger partial charge on any atom is 0.305 e. The summed E-state index contributed by atoms with van der Waals surface area (Å²) in [5.74, 6) is -0.0611. The van der Waals surface area contributed by atoms with Crippen LogP contribution in [-0.4, -0.2) is 47.4 Å². The number of hydrogen-bond donors (Lipinski definition) is 3. The van der Waals surface area contributed by atoms with E-state index in [1.807, 2.05) is 0 Å². The highest BCUT2D eigenvalue weighted by atomic mass is 16.5. The summed E-state index contributed by atoms with van der Waals surface area (Å²) in [6, 6.07) is -0.549. The largest absolute Gasteiger partial charge is 0.466 e. The molecule has 2 unspecified atom stereocenters. The van der Waals surface area contributed by atoms with E-state index in [1.54, 1.807) is 0 Å². The van der Waals surface area contributed by atoms with Gasteiger partial charge in [0.15, 0.2) is 0 Å². The highest BCUT2D eigenvalue weighted by Gasteiger charge is 2.20. The van der Waals surface area contributed by atoms with Gasteiger partial charge in [-0.1, -0.05) is 244 Å². The fourth-order valence-electron chi connectivity index (χ4n) is 8.32. The average Bonchev–Trinajstić information content (AvgIpc) is 3.26. The van der Waals surface area contributed by atoms with E-state index in [2.05, 4.69) is 43.5 Å². The third-order valence-corrected chi connectivity index (χ3v) is 12.5. The molecule has 0 fully saturated rings. The second-order valence-corrected chi connectivity index (χ2v) is 18.6.